The predicted octanol–water partition coefficient (Wildman–Crippen LogP) is 3.65. The molecule has 2 aromatic rings. The van der Waals surface area contributed by atoms with Crippen LogP contribution in [0.25, 0.3) is 0 Å². The molecule has 6 heteroatoms. The normalized spacial score (nSPS) is 10.5. The van der Waals surface area contributed by atoms with Crippen molar-refractivity contribution < 1.29 is 8.78 Å². The van der Waals surface area contributed by atoms with Crippen LogP contribution in [0.2, 0.25) is 0 Å². The fourth-order valence-corrected chi connectivity index (χ4v) is 2.54. The van der Waals surface area contributed by atoms with Crippen molar-refractivity contribution in [2.45, 2.75) is 6.54 Å². The van der Waals surface area contributed by atoms with Crippen molar-refractivity contribution in [1.82, 2.24) is 0 Å². The molecule has 2 rings (SSSR count). The third-order valence-electron chi connectivity index (χ3n) is 3.10. The van der Waals surface area contributed by atoms with E-state index in [0.717, 1.165) is 5.56 Å². The molecule has 0 saturated carbocycles. The zero-order valence-corrected chi connectivity index (χ0v) is 12.9. The van der Waals surface area contributed by atoms with Gasteiger partial charge in [-0.3, -0.25) is 5.41 Å². The fraction of sp³-hybridized carbons (Fsp3) is 0.133. The number of anilines is 1. The van der Waals surface area contributed by atoms with Gasteiger partial charge in [-0.2, -0.15) is 0 Å². The molecule has 110 valence electrons. The Balaban J connectivity index is 2.27. The van der Waals surface area contributed by atoms with Gasteiger partial charge in [0.25, 0.3) is 0 Å². The van der Waals surface area contributed by atoms with Crippen molar-refractivity contribution in [3.05, 3.63) is 63.6 Å². The number of benzene rings is 2. The van der Waals surface area contributed by atoms with E-state index in [1.54, 1.807) is 36.2 Å². The van der Waals surface area contributed by atoms with Crippen molar-refractivity contribution in [3.8, 4) is 0 Å². The standard InChI is InChI=1S/C15H14BrF2N3/c1-21(8-9-2-4-10(17)5-3-9)12-7-6-11(15(19)20)13(16)14(12)18/h2-7H,8H2,1H3,(H3,19,20). The zero-order chi connectivity index (χ0) is 15.6. The highest BCUT2D eigenvalue weighted by atomic mass is 79.9. The lowest BCUT2D eigenvalue weighted by Gasteiger charge is -2.21. The first-order valence-corrected chi connectivity index (χ1v) is 6.97. The van der Waals surface area contributed by atoms with Gasteiger partial charge in [0, 0.05) is 19.2 Å². The summed E-state index contributed by atoms with van der Waals surface area (Å²) in [7, 11) is 1.74. The zero-order valence-electron chi connectivity index (χ0n) is 11.3. The number of rotatable bonds is 4. The SMILES string of the molecule is CN(Cc1ccc(F)cc1)c1ccc(C(=N)N)c(Br)c1F. The average molecular weight is 354 g/mol. The van der Waals surface area contributed by atoms with Crippen molar-refractivity contribution in [2.24, 2.45) is 5.73 Å². The molecule has 0 aromatic heterocycles. The van der Waals surface area contributed by atoms with Crippen LogP contribution in [-0.4, -0.2) is 12.9 Å². The van der Waals surface area contributed by atoms with Crippen LogP contribution in [-0.2, 0) is 6.54 Å². The number of hydrogen-bond acceptors (Lipinski definition) is 2. The van der Waals surface area contributed by atoms with E-state index in [1.165, 1.54) is 12.1 Å². The van der Waals surface area contributed by atoms with Gasteiger partial charge in [-0.15, -0.1) is 0 Å². The highest BCUT2D eigenvalue weighted by molar-refractivity contribution is 9.10. The van der Waals surface area contributed by atoms with Gasteiger partial charge in [-0.1, -0.05) is 12.1 Å². The molecule has 0 fully saturated rings. The van der Waals surface area contributed by atoms with Crippen LogP contribution in [0.15, 0.2) is 40.9 Å². The maximum absolute atomic E-state index is 14.3. The molecule has 3 nitrogen and oxygen atoms in total. The molecule has 0 bridgehead atoms. The van der Waals surface area contributed by atoms with Crippen molar-refractivity contribution in [1.29, 1.82) is 5.41 Å². The third kappa shape index (κ3) is 3.39. The second-order valence-electron chi connectivity index (χ2n) is 4.66. The second-order valence-corrected chi connectivity index (χ2v) is 5.45. The Morgan fingerprint density at radius 2 is 1.81 bits per heavy atom. The number of nitrogens with two attached hydrogens (primary N) is 1. The Kier molecular flexibility index (Phi) is 4.57. The molecule has 0 spiro atoms. The summed E-state index contributed by atoms with van der Waals surface area (Å²) in [4.78, 5) is 1.71. The van der Waals surface area contributed by atoms with E-state index >= 15 is 0 Å². The van der Waals surface area contributed by atoms with Crippen molar-refractivity contribution in [2.75, 3.05) is 11.9 Å². The fourth-order valence-electron chi connectivity index (χ4n) is 1.99. The lowest BCUT2D eigenvalue weighted by atomic mass is 10.1. The van der Waals surface area contributed by atoms with Crippen LogP contribution < -0.4 is 10.6 Å². The molecule has 0 aliphatic heterocycles. The number of halogens is 3. The molecule has 2 aromatic carbocycles. The van der Waals surface area contributed by atoms with Crippen LogP contribution in [0, 0.1) is 17.0 Å². The number of nitrogens with one attached hydrogen (secondary N) is 1. The summed E-state index contributed by atoms with van der Waals surface area (Å²) in [5.74, 6) is -0.984. The van der Waals surface area contributed by atoms with Crippen LogP contribution in [0.5, 0.6) is 0 Å². The summed E-state index contributed by atoms with van der Waals surface area (Å²) >= 11 is 3.12. The van der Waals surface area contributed by atoms with Crippen molar-refractivity contribution in [3.63, 3.8) is 0 Å². The summed E-state index contributed by atoms with van der Waals surface area (Å²) in [6.45, 7) is 0.434. The molecular formula is C15H14BrF2N3. The molecule has 0 aliphatic carbocycles. The van der Waals surface area contributed by atoms with Crippen LogP contribution in [0.1, 0.15) is 11.1 Å². The highest BCUT2D eigenvalue weighted by Crippen LogP contribution is 2.29. The van der Waals surface area contributed by atoms with E-state index in [1.807, 2.05) is 0 Å². The summed E-state index contributed by atoms with van der Waals surface area (Å²) in [5.41, 5.74) is 6.93. The summed E-state index contributed by atoms with van der Waals surface area (Å²) in [6, 6.07) is 9.21. The van der Waals surface area contributed by atoms with Gasteiger partial charge in [0.05, 0.1) is 10.2 Å². The van der Waals surface area contributed by atoms with Gasteiger partial charge in [-0.25, -0.2) is 8.78 Å². The Labute approximate surface area is 130 Å². The minimum absolute atomic E-state index is 0.165. The molecule has 21 heavy (non-hydrogen) atoms. The molecular weight excluding hydrogens is 340 g/mol. The number of nitrogen functional groups attached to an aromatic ring is 1. The maximum atomic E-state index is 14.3. The Hall–Kier alpha value is -1.95. The van der Waals surface area contributed by atoms with Crippen molar-refractivity contribution >= 4 is 27.5 Å². The third-order valence-corrected chi connectivity index (χ3v) is 3.87. The Bertz CT molecular complexity index is 671. The van der Waals surface area contributed by atoms with E-state index in [0.29, 0.717) is 17.8 Å². The molecule has 0 amide bonds. The van der Waals surface area contributed by atoms with E-state index < -0.39 is 5.82 Å². The minimum atomic E-state index is -0.479. The smallest absolute Gasteiger partial charge is 0.161 e. The first-order chi connectivity index (χ1) is 9.90. The topological polar surface area (TPSA) is 53.1 Å². The Morgan fingerprint density at radius 3 is 2.38 bits per heavy atom. The molecule has 0 atom stereocenters. The minimum Gasteiger partial charge on any atom is -0.384 e. The van der Waals surface area contributed by atoms with Gasteiger partial charge in [0.15, 0.2) is 5.82 Å². The van der Waals surface area contributed by atoms with Gasteiger partial charge in [0.1, 0.15) is 11.7 Å². The molecule has 0 saturated heterocycles. The van der Waals surface area contributed by atoms with Gasteiger partial charge in [-0.05, 0) is 45.8 Å². The maximum Gasteiger partial charge on any atom is 0.161 e. The number of hydrogen-bond donors (Lipinski definition) is 2. The van der Waals surface area contributed by atoms with Gasteiger partial charge in [0.2, 0.25) is 0 Å². The quantitative estimate of drug-likeness (QED) is 0.651. The predicted molar refractivity (Wildman–Crippen MR) is 83.6 cm³/mol. The summed E-state index contributed by atoms with van der Waals surface area (Å²) in [5, 5.41) is 7.38. The van der Waals surface area contributed by atoms with Crippen LogP contribution in [0.3, 0.4) is 0 Å². The van der Waals surface area contributed by atoms with E-state index in [-0.39, 0.29) is 16.1 Å². The first kappa shape index (κ1) is 15.4. The molecule has 0 heterocycles. The monoisotopic (exact) mass is 353 g/mol. The summed E-state index contributed by atoms with van der Waals surface area (Å²) in [6.07, 6.45) is 0. The Morgan fingerprint density at radius 1 is 1.19 bits per heavy atom. The largest absolute Gasteiger partial charge is 0.384 e. The lowest BCUT2D eigenvalue weighted by Crippen LogP contribution is -2.19. The molecule has 0 unspecified atom stereocenters. The van der Waals surface area contributed by atoms with Crippen LogP contribution in [0.4, 0.5) is 14.5 Å². The lowest BCUT2D eigenvalue weighted by molar-refractivity contribution is 0.614. The molecule has 3 N–H and O–H groups in total. The first-order valence-electron chi connectivity index (χ1n) is 6.18. The number of amidine groups is 1. The number of nitrogens with zero attached hydrogens (tertiary/aromatic N) is 1. The van der Waals surface area contributed by atoms with E-state index in [4.69, 9.17) is 11.1 Å². The van der Waals surface area contributed by atoms with Gasteiger partial charge < -0.3 is 10.6 Å². The average Bonchev–Trinajstić information content (AvgIpc) is 2.43. The second kappa shape index (κ2) is 6.22. The highest BCUT2D eigenvalue weighted by Gasteiger charge is 2.15. The van der Waals surface area contributed by atoms with E-state index in [2.05, 4.69) is 15.9 Å². The van der Waals surface area contributed by atoms with Gasteiger partial charge >= 0.3 is 0 Å². The summed E-state index contributed by atoms with van der Waals surface area (Å²) < 4.78 is 27.4. The van der Waals surface area contributed by atoms with E-state index in [9.17, 15) is 8.78 Å². The molecule has 0 radical (unpaired) electrons. The molecule has 0 aliphatic rings. The van der Waals surface area contributed by atoms with Crippen LogP contribution >= 0.6 is 15.9 Å².